The van der Waals surface area contributed by atoms with Gasteiger partial charge in [0.1, 0.15) is 5.75 Å². The molecule has 1 aromatic carbocycles. The molecule has 14 heavy (non-hydrogen) atoms. The highest BCUT2D eigenvalue weighted by Gasteiger charge is 2.04. The number of thiophene rings is 1. The minimum absolute atomic E-state index is 0.197. The van der Waals surface area contributed by atoms with Gasteiger partial charge in [0.25, 0.3) is 0 Å². The summed E-state index contributed by atoms with van der Waals surface area (Å²) >= 11 is 1.71. The Kier molecular flexibility index (Phi) is 2.70. The zero-order valence-electron chi connectivity index (χ0n) is 7.99. The number of ether oxygens (including phenoxy) is 1. The number of aliphatic hydroxyl groups is 1. The van der Waals surface area contributed by atoms with E-state index < -0.39 is 0 Å². The lowest BCUT2D eigenvalue weighted by Gasteiger charge is -2.00. The van der Waals surface area contributed by atoms with Crippen LogP contribution < -0.4 is 4.74 Å². The average molecular weight is 208 g/mol. The number of fused-ring (bicyclic) bond motifs is 1. The van der Waals surface area contributed by atoms with Crippen molar-refractivity contribution in [1.82, 2.24) is 0 Å². The molecule has 0 fully saturated rings. The molecular weight excluding hydrogens is 196 g/mol. The predicted octanol–water partition coefficient (Wildman–Crippen LogP) is 2.44. The number of hydrogen-bond donors (Lipinski definition) is 1. The van der Waals surface area contributed by atoms with Gasteiger partial charge in [-0.3, -0.25) is 0 Å². The lowest BCUT2D eigenvalue weighted by molar-refractivity contribution is 0.300. The minimum Gasteiger partial charge on any atom is -0.497 e. The maximum absolute atomic E-state index is 8.90. The second-order valence-electron chi connectivity index (χ2n) is 3.10. The first-order valence-corrected chi connectivity index (χ1v) is 5.38. The van der Waals surface area contributed by atoms with Crippen LogP contribution in [-0.2, 0) is 6.42 Å². The van der Waals surface area contributed by atoms with E-state index in [1.165, 1.54) is 15.6 Å². The molecule has 0 bridgehead atoms. The van der Waals surface area contributed by atoms with Crippen molar-refractivity contribution in [2.45, 2.75) is 6.42 Å². The van der Waals surface area contributed by atoms with Crippen LogP contribution in [0.25, 0.3) is 10.1 Å². The summed E-state index contributed by atoms with van der Waals surface area (Å²) in [4.78, 5) is 0. The van der Waals surface area contributed by atoms with Gasteiger partial charge in [-0.15, -0.1) is 11.3 Å². The van der Waals surface area contributed by atoms with Crippen LogP contribution in [0.4, 0.5) is 0 Å². The van der Waals surface area contributed by atoms with Crippen molar-refractivity contribution in [3.63, 3.8) is 0 Å². The molecule has 74 valence electrons. The number of hydrogen-bond acceptors (Lipinski definition) is 3. The Morgan fingerprint density at radius 3 is 3.00 bits per heavy atom. The molecule has 2 aromatic rings. The third-order valence-corrected chi connectivity index (χ3v) is 3.25. The van der Waals surface area contributed by atoms with Crippen LogP contribution in [0.3, 0.4) is 0 Å². The highest BCUT2D eigenvalue weighted by Crippen LogP contribution is 2.29. The van der Waals surface area contributed by atoms with E-state index >= 15 is 0 Å². The Labute approximate surface area is 86.8 Å². The zero-order chi connectivity index (χ0) is 9.97. The van der Waals surface area contributed by atoms with E-state index in [1.54, 1.807) is 18.4 Å². The Morgan fingerprint density at radius 2 is 2.29 bits per heavy atom. The molecule has 0 amide bonds. The number of aliphatic hydroxyl groups excluding tert-OH is 1. The van der Waals surface area contributed by atoms with Crippen molar-refractivity contribution in [3.8, 4) is 5.75 Å². The van der Waals surface area contributed by atoms with Crippen LogP contribution in [0, 0.1) is 0 Å². The smallest absolute Gasteiger partial charge is 0.119 e. The van der Waals surface area contributed by atoms with Gasteiger partial charge in [0.15, 0.2) is 0 Å². The fourth-order valence-corrected chi connectivity index (χ4v) is 2.48. The SMILES string of the molecule is COc1ccc2scc(CCO)c2c1. The summed E-state index contributed by atoms with van der Waals surface area (Å²) in [6.45, 7) is 0.197. The third kappa shape index (κ3) is 1.61. The average Bonchev–Trinajstić information content (AvgIpc) is 2.61. The molecule has 1 aromatic heterocycles. The molecule has 3 heteroatoms. The maximum Gasteiger partial charge on any atom is 0.119 e. The zero-order valence-corrected chi connectivity index (χ0v) is 8.80. The Balaban J connectivity index is 2.52. The molecule has 0 aliphatic rings. The fraction of sp³-hybridized carbons (Fsp3) is 0.273. The van der Waals surface area contributed by atoms with E-state index in [2.05, 4.69) is 11.4 Å². The summed E-state index contributed by atoms with van der Waals surface area (Å²) < 4.78 is 6.41. The molecule has 0 saturated heterocycles. The highest BCUT2D eigenvalue weighted by atomic mass is 32.1. The first kappa shape index (κ1) is 9.49. The van der Waals surface area contributed by atoms with Crippen LogP contribution in [0.15, 0.2) is 23.6 Å². The van der Waals surface area contributed by atoms with Gasteiger partial charge in [-0.1, -0.05) is 0 Å². The number of rotatable bonds is 3. The quantitative estimate of drug-likeness (QED) is 0.839. The Morgan fingerprint density at radius 1 is 1.43 bits per heavy atom. The third-order valence-electron chi connectivity index (χ3n) is 2.24. The van der Waals surface area contributed by atoms with Crippen molar-refractivity contribution in [2.75, 3.05) is 13.7 Å². The summed E-state index contributed by atoms with van der Waals surface area (Å²) in [6, 6.07) is 6.04. The monoisotopic (exact) mass is 208 g/mol. The maximum atomic E-state index is 8.90. The summed E-state index contributed by atoms with van der Waals surface area (Å²) in [6.07, 6.45) is 0.715. The molecule has 0 atom stereocenters. The molecule has 2 nitrogen and oxygen atoms in total. The van der Waals surface area contributed by atoms with Gasteiger partial charge in [0.2, 0.25) is 0 Å². The normalized spacial score (nSPS) is 10.7. The topological polar surface area (TPSA) is 29.5 Å². The van der Waals surface area contributed by atoms with E-state index in [0.717, 1.165) is 5.75 Å². The van der Waals surface area contributed by atoms with Crippen molar-refractivity contribution in [2.24, 2.45) is 0 Å². The second-order valence-corrected chi connectivity index (χ2v) is 4.01. The number of benzene rings is 1. The Bertz CT molecular complexity index is 434. The lowest BCUT2D eigenvalue weighted by Crippen LogP contribution is -1.88. The van der Waals surface area contributed by atoms with Crippen molar-refractivity contribution in [1.29, 1.82) is 0 Å². The first-order chi connectivity index (χ1) is 6.85. The van der Waals surface area contributed by atoms with E-state index in [0.29, 0.717) is 6.42 Å². The van der Waals surface area contributed by atoms with E-state index in [9.17, 15) is 0 Å². The second kappa shape index (κ2) is 3.98. The van der Waals surface area contributed by atoms with E-state index in [-0.39, 0.29) is 6.61 Å². The van der Waals surface area contributed by atoms with Crippen LogP contribution in [0.1, 0.15) is 5.56 Å². The summed E-state index contributed by atoms with van der Waals surface area (Å²) in [7, 11) is 1.67. The van der Waals surface area contributed by atoms with Gasteiger partial charge in [0, 0.05) is 11.3 Å². The summed E-state index contributed by atoms with van der Waals surface area (Å²) in [5, 5.41) is 12.2. The van der Waals surface area contributed by atoms with Gasteiger partial charge in [-0.05, 0) is 40.9 Å². The molecule has 0 aliphatic heterocycles. The molecular formula is C11H12O2S. The molecule has 1 heterocycles. The highest BCUT2D eigenvalue weighted by molar-refractivity contribution is 7.17. The molecule has 0 spiro atoms. The largest absolute Gasteiger partial charge is 0.497 e. The van der Waals surface area contributed by atoms with E-state index in [1.807, 2.05) is 12.1 Å². The molecule has 0 aliphatic carbocycles. The lowest BCUT2D eigenvalue weighted by atomic mass is 10.1. The first-order valence-electron chi connectivity index (χ1n) is 4.50. The Hall–Kier alpha value is -1.06. The summed E-state index contributed by atoms with van der Waals surface area (Å²) in [5.74, 6) is 0.870. The van der Waals surface area contributed by atoms with Gasteiger partial charge in [-0.25, -0.2) is 0 Å². The molecule has 0 unspecified atom stereocenters. The fourth-order valence-electron chi connectivity index (χ4n) is 1.50. The molecule has 0 radical (unpaired) electrons. The predicted molar refractivity (Wildman–Crippen MR) is 59.2 cm³/mol. The molecule has 1 N–H and O–H groups in total. The summed E-state index contributed by atoms with van der Waals surface area (Å²) in [5.41, 5.74) is 1.20. The van der Waals surface area contributed by atoms with E-state index in [4.69, 9.17) is 9.84 Å². The molecule has 2 rings (SSSR count). The molecule has 0 saturated carbocycles. The van der Waals surface area contributed by atoms with Gasteiger partial charge >= 0.3 is 0 Å². The standard InChI is InChI=1S/C11H12O2S/c1-13-9-2-3-11-10(6-9)8(4-5-12)7-14-11/h2-3,6-7,12H,4-5H2,1H3. The van der Waals surface area contributed by atoms with Gasteiger partial charge < -0.3 is 9.84 Å². The number of methoxy groups -OCH3 is 1. The van der Waals surface area contributed by atoms with Crippen molar-refractivity contribution >= 4 is 21.4 Å². The van der Waals surface area contributed by atoms with Gasteiger partial charge in [0.05, 0.1) is 7.11 Å². The van der Waals surface area contributed by atoms with Crippen LogP contribution in [0.2, 0.25) is 0 Å². The van der Waals surface area contributed by atoms with Crippen molar-refractivity contribution < 1.29 is 9.84 Å². The van der Waals surface area contributed by atoms with Gasteiger partial charge in [-0.2, -0.15) is 0 Å². The van der Waals surface area contributed by atoms with Crippen molar-refractivity contribution in [3.05, 3.63) is 29.1 Å². The minimum atomic E-state index is 0.197. The van der Waals surface area contributed by atoms with Crippen LogP contribution >= 0.6 is 11.3 Å². The van der Waals surface area contributed by atoms with Crippen LogP contribution in [-0.4, -0.2) is 18.8 Å². The van der Waals surface area contributed by atoms with Crippen LogP contribution in [0.5, 0.6) is 5.75 Å².